The monoisotopic (exact) mass is 512 g/mol. The molecule has 0 heterocycles. The van der Waals surface area contributed by atoms with Crippen molar-refractivity contribution in [3.8, 4) is 5.75 Å². The van der Waals surface area contributed by atoms with Gasteiger partial charge in [-0.25, -0.2) is 4.79 Å². The average molecular weight is 513 g/mol. The molecule has 2 atom stereocenters. The molecule has 0 saturated carbocycles. The number of halogens is 1. The summed E-state index contributed by atoms with van der Waals surface area (Å²) < 4.78 is 5.99. The van der Waals surface area contributed by atoms with Gasteiger partial charge in [-0.3, -0.25) is 14.4 Å². The molecule has 0 aromatic heterocycles. The van der Waals surface area contributed by atoms with Gasteiger partial charge in [0.1, 0.15) is 11.8 Å². The lowest BCUT2D eigenvalue weighted by atomic mass is 10.1. The van der Waals surface area contributed by atoms with Gasteiger partial charge in [-0.15, -0.1) is 0 Å². The third kappa shape index (κ3) is 12.3. The largest absolute Gasteiger partial charge is 0.412 e. The molecular formula is C22H33BrN4O5. The highest BCUT2D eigenvalue weighted by Gasteiger charge is 2.24. The molecule has 9 nitrogen and oxygen atoms in total. The van der Waals surface area contributed by atoms with Crippen LogP contribution in [0.25, 0.3) is 0 Å². The normalized spacial score (nSPS) is 12.3. The number of carbonyl (C=O) groups is 4. The van der Waals surface area contributed by atoms with Gasteiger partial charge in [-0.1, -0.05) is 48.5 Å². The summed E-state index contributed by atoms with van der Waals surface area (Å²) >= 11 is 3.30. The molecule has 1 aromatic rings. The second-order valence-electron chi connectivity index (χ2n) is 7.59. The van der Waals surface area contributed by atoms with Gasteiger partial charge in [0.15, 0.2) is 0 Å². The van der Waals surface area contributed by atoms with Gasteiger partial charge < -0.3 is 26.4 Å². The van der Waals surface area contributed by atoms with Crippen LogP contribution in [0, 0.1) is 0 Å². The highest BCUT2D eigenvalue weighted by Crippen LogP contribution is 2.16. The van der Waals surface area contributed by atoms with Crippen molar-refractivity contribution in [3.05, 3.63) is 28.7 Å². The van der Waals surface area contributed by atoms with Crippen LogP contribution in [0.1, 0.15) is 58.8 Å². The van der Waals surface area contributed by atoms with Crippen LogP contribution in [0.4, 0.5) is 4.79 Å². The standard InChI is InChI=1S/C22H33BrN4O5/c1-3-4-5-6-7-8-20(29)27-18(13-19(24)28)21(30)26-15(2)14-25-22(31)32-17-11-9-16(23)10-12-17/h9-12,15,18H,3-8,13-14H2,1-2H3,(H2,24,28)(H,25,31)(H,26,30)(H,27,29). The molecule has 0 aliphatic carbocycles. The number of unbranched alkanes of at least 4 members (excludes halogenated alkanes) is 4. The first-order valence-electron chi connectivity index (χ1n) is 10.8. The number of nitrogens with two attached hydrogens (primary N) is 1. The maximum Gasteiger partial charge on any atom is 0.412 e. The maximum absolute atomic E-state index is 12.5. The van der Waals surface area contributed by atoms with E-state index in [1.807, 2.05) is 0 Å². The van der Waals surface area contributed by atoms with Gasteiger partial charge in [0.05, 0.1) is 6.42 Å². The van der Waals surface area contributed by atoms with E-state index in [9.17, 15) is 19.2 Å². The van der Waals surface area contributed by atoms with E-state index in [2.05, 4.69) is 38.8 Å². The Morgan fingerprint density at radius 1 is 1.03 bits per heavy atom. The van der Waals surface area contributed by atoms with Crippen LogP contribution in [0.3, 0.4) is 0 Å². The molecular weight excluding hydrogens is 480 g/mol. The Labute approximate surface area is 197 Å². The van der Waals surface area contributed by atoms with Crippen LogP contribution >= 0.6 is 15.9 Å². The van der Waals surface area contributed by atoms with Gasteiger partial charge in [0.25, 0.3) is 0 Å². The summed E-state index contributed by atoms with van der Waals surface area (Å²) in [5.41, 5.74) is 5.23. The predicted molar refractivity (Wildman–Crippen MR) is 125 cm³/mol. The summed E-state index contributed by atoms with van der Waals surface area (Å²) in [5.74, 6) is -1.16. The van der Waals surface area contributed by atoms with Crippen molar-refractivity contribution in [1.29, 1.82) is 0 Å². The molecule has 0 fully saturated rings. The third-order valence-corrected chi connectivity index (χ3v) is 5.06. The number of nitrogens with one attached hydrogen (secondary N) is 3. The van der Waals surface area contributed by atoms with E-state index in [0.29, 0.717) is 5.75 Å². The molecule has 0 aliphatic heterocycles. The number of ether oxygens (including phenoxy) is 1. The second-order valence-corrected chi connectivity index (χ2v) is 8.50. The first kappa shape index (κ1) is 27.4. The van der Waals surface area contributed by atoms with Crippen molar-refractivity contribution in [1.82, 2.24) is 16.0 Å². The molecule has 2 unspecified atom stereocenters. The molecule has 5 N–H and O–H groups in total. The summed E-state index contributed by atoms with van der Waals surface area (Å²) in [6.45, 7) is 3.88. The van der Waals surface area contributed by atoms with Crippen molar-refractivity contribution in [2.45, 2.75) is 70.9 Å². The van der Waals surface area contributed by atoms with E-state index in [1.165, 1.54) is 0 Å². The van der Waals surface area contributed by atoms with Crippen LogP contribution in [0.2, 0.25) is 0 Å². The van der Waals surface area contributed by atoms with Crippen LogP contribution in [0.15, 0.2) is 28.7 Å². The van der Waals surface area contributed by atoms with E-state index < -0.39 is 30.0 Å². The Hall–Kier alpha value is -2.62. The minimum atomic E-state index is -1.06. The third-order valence-electron chi connectivity index (χ3n) is 4.53. The number of benzene rings is 1. The quantitative estimate of drug-likeness (QED) is 0.283. The Kier molecular flexibility index (Phi) is 13.0. The molecule has 0 spiro atoms. The van der Waals surface area contributed by atoms with E-state index in [4.69, 9.17) is 10.5 Å². The molecule has 0 radical (unpaired) electrons. The van der Waals surface area contributed by atoms with E-state index >= 15 is 0 Å². The van der Waals surface area contributed by atoms with Gasteiger partial charge in [0.2, 0.25) is 17.7 Å². The lowest BCUT2D eigenvalue weighted by Crippen LogP contribution is -2.52. The van der Waals surface area contributed by atoms with Gasteiger partial charge in [0, 0.05) is 23.5 Å². The van der Waals surface area contributed by atoms with Gasteiger partial charge in [-0.2, -0.15) is 0 Å². The minimum Gasteiger partial charge on any atom is -0.410 e. The van der Waals surface area contributed by atoms with Crippen molar-refractivity contribution in [2.24, 2.45) is 5.73 Å². The highest BCUT2D eigenvalue weighted by atomic mass is 79.9. The fraction of sp³-hybridized carbons (Fsp3) is 0.545. The van der Waals surface area contributed by atoms with Crippen molar-refractivity contribution >= 4 is 39.7 Å². The molecule has 4 amide bonds. The lowest BCUT2D eigenvalue weighted by Gasteiger charge is -2.21. The smallest absolute Gasteiger partial charge is 0.410 e. The van der Waals surface area contributed by atoms with Crippen LogP contribution in [-0.4, -0.2) is 42.4 Å². The number of carbonyl (C=O) groups excluding carboxylic acids is 4. The zero-order valence-corrected chi connectivity index (χ0v) is 20.2. The van der Waals surface area contributed by atoms with Crippen molar-refractivity contribution in [3.63, 3.8) is 0 Å². The summed E-state index contributed by atoms with van der Waals surface area (Å²) in [4.78, 5) is 47.9. The molecule has 0 bridgehead atoms. The topological polar surface area (TPSA) is 140 Å². The molecule has 10 heteroatoms. The predicted octanol–water partition coefficient (Wildman–Crippen LogP) is 2.76. The maximum atomic E-state index is 12.5. The van der Waals surface area contributed by atoms with Crippen LogP contribution < -0.4 is 26.4 Å². The molecule has 32 heavy (non-hydrogen) atoms. The fourth-order valence-electron chi connectivity index (χ4n) is 2.84. The zero-order valence-electron chi connectivity index (χ0n) is 18.6. The second kappa shape index (κ2) is 15.2. The summed E-state index contributed by atoms with van der Waals surface area (Å²) in [5, 5.41) is 7.79. The number of primary amides is 1. The van der Waals surface area contributed by atoms with Crippen molar-refractivity contribution < 1.29 is 23.9 Å². The van der Waals surface area contributed by atoms with Crippen LogP contribution in [-0.2, 0) is 14.4 Å². The summed E-state index contributed by atoms with van der Waals surface area (Å²) in [6, 6.07) is 5.22. The highest BCUT2D eigenvalue weighted by molar-refractivity contribution is 9.10. The zero-order chi connectivity index (χ0) is 23.9. The van der Waals surface area contributed by atoms with Gasteiger partial charge >= 0.3 is 6.09 Å². The van der Waals surface area contributed by atoms with E-state index in [-0.39, 0.29) is 25.3 Å². The first-order valence-corrected chi connectivity index (χ1v) is 11.6. The van der Waals surface area contributed by atoms with Crippen molar-refractivity contribution in [2.75, 3.05) is 6.54 Å². The Morgan fingerprint density at radius 3 is 2.31 bits per heavy atom. The number of rotatable bonds is 14. The first-order chi connectivity index (χ1) is 15.2. The molecule has 1 aromatic carbocycles. The fourth-order valence-corrected chi connectivity index (χ4v) is 3.11. The Bertz CT molecular complexity index is 757. The summed E-state index contributed by atoms with van der Waals surface area (Å²) in [6.07, 6.45) is 4.26. The molecule has 1 rings (SSSR count). The number of amides is 4. The number of hydrogen-bond acceptors (Lipinski definition) is 5. The Morgan fingerprint density at radius 2 is 1.69 bits per heavy atom. The van der Waals surface area contributed by atoms with Crippen LogP contribution in [0.5, 0.6) is 5.75 Å². The summed E-state index contributed by atoms with van der Waals surface area (Å²) in [7, 11) is 0. The lowest BCUT2D eigenvalue weighted by molar-refractivity contribution is -0.131. The SMILES string of the molecule is CCCCCCCC(=O)NC(CC(N)=O)C(=O)NC(C)CNC(=O)Oc1ccc(Br)cc1. The molecule has 0 aliphatic rings. The number of hydrogen-bond donors (Lipinski definition) is 4. The van der Waals surface area contributed by atoms with E-state index in [1.54, 1.807) is 31.2 Å². The average Bonchev–Trinajstić information content (AvgIpc) is 2.73. The van der Waals surface area contributed by atoms with Gasteiger partial charge in [-0.05, 0) is 37.6 Å². The minimum absolute atomic E-state index is 0.0930. The Balaban J connectivity index is 2.45. The van der Waals surface area contributed by atoms with E-state index in [0.717, 1.165) is 36.6 Å². The molecule has 178 valence electrons. The molecule has 0 saturated heterocycles.